The molecule has 0 aromatic heterocycles. The molecule has 3 rings (SSSR count). The zero-order valence-electron chi connectivity index (χ0n) is 18.2. The molecule has 0 radical (unpaired) electrons. The minimum atomic E-state index is -1.23. The molecule has 0 aliphatic carbocycles. The van der Waals surface area contributed by atoms with Crippen molar-refractivity contribution in [2.75, 3.05) is 12.8 Å². The lowest BCUT2D eigenvalue weighted by Gasteiger charge is -2.35. The van der Waals surface area contributed by atoms with Gasteiger partial charge in [0.15, 0.2) is 0 Å². The third kappa shape index (κ3) is 6.76. The third-order valence-corrected chi connectivity index (χ3v) is 6.51. The van der Waals surface area contributed by atoms with E-state index < -0.39 is 9.39 Å². The van der Waals surface area contributed by atoms with E-state index in [1.807, 2.05) is 0 Å². The van der Waals surface area contributed by atoms with Gasteiger partial charge in [0.2, 0.25) is 0 Å². The Kier molecular flexibility index (Phi) is 7.81. The number of piperidine rings is 1. The van der Waals surface area contributed by atoms with Gasteiger partial charge in [0, 0.05) is 18.5 Å². The van der Waals surface area contributed by atoms with Gasteiger partial charge >= 0.3 is 0 Å². The molecule has 2 aromatic carbocycles. The summed E-state index contributed by atoms with van der Waals surface area (Å²) in [6.07, 6.45) is 7.96. The van der Waals surface area contributed by atoms with Crippen LogP contribution in [0, 0.1) is 0 Å². The van der Waals surface area contributed by atoms with Crippen LogP contribution < -0.4 is 10.0 Å². The summed E-state index contributed by atoms with van der Waals surface area (Å²) in [5, 5.41) is 13.1. The van der Waals surface area contributed by atoms with Gasteiger partial charge in [-0.15, -0.1) is 0 Å². The number of aliphatic hydroxyl groups is 1. The highest BCUT2D eigenvalue weighted by molar-refractivity contribution is 8.25. The molecular weight excluding hydrogens is 388 g/mol. The zero-order valence-corrected chi connectivity index (χ0v) is 19.0. The maximum absolute atomic E-state index is 9.39. The fraction of sp³-hybridized carbons (Fsp3) is 0.385. The summed E-state index contributed by atoms with van der Waals surface area (Å²) >= 11 is 0. The lowest BCUT2D eigenvalue weighted by atomic mass is 9.91. The topological polar surface area (TPSA) is 44.3 Å². The van der Waals surface area contributed by atoms with Gasteiger partial charge in [-0.2, -0.15) is 9.39 Å². The maximum Gasteiger partial charge on any atom is 0.0851 e. The van der Waals surface area contributed by atoms with Gasteiger partial charge in [0.1, 0.15) is 0 Å². The van der Waals surface area contributed by atoms with Crippen molar-refractivity contribution in [3.05, 3.63) is 72.0 Å². The van der Waals surface area contributed by atoms with Crippen molar-refractivity contribution in [3.63, 3.8) is 0 Å². The second-order valence-electron chi connectivity index (χ2n) is 8.68. The summed E-state index contributed by atoms with van der Waals surface area (Å²) in [6, 6.07) is 18.3. The Morgan fingerprint density at radius 1 is 1.20 bits per heavy atom. The smallest absolute Gasteiger partial charge is 0.0851 e. The first-order valence-electron chi connectivity index (χ1n) is 10.8. The molecule has 2 atom stereocenters. The highest BCUT2D eigenvalue weighted by Gasteiger charge is 2.25. The molecule has 4 heteroatoms. The molecule has 3 N–H and O–H groups in total. The van der Waals surface area contributed by atoms with Crippen LogP contribution in [0.25, 0.3) is 11.1 Å². The quantitative estimate of drug-likeness (QED) is 0.382. The Labute approximate surface area is 182 Å². The predicted molar refractivity (Wildman–Crippen MR) is 136 cm³/mol. The van der Waals surface area contributed by atoms with E-state index in [1.165, 1.54) is 35.1 Å². The van der Waals surface area contributed by atoms with E-state index in [-0.39, 0.29) is 5.76 Å². The van der Waals surface area contributed by atoms with Gasteiger partial charge < -0.3 is 10.4 Å². The lowest BCUT2D eigenvalue weighted by Crippen LogP contribution is -2.51. The molecule has 3 nitrogen and oxygen atoms in total. The molecule has 1 saturated heterocycles. The first kappa shape index (κ1) is 22.7. The highest BCUT2D eigenvalue weighted by atomic mass is 32.2. The largest absolute Gasteiger partial charge is 0.513 e. The number of aryl methyl sites for hydroxylation is 1. The summed E-state index contributed by atoms with van der Waals surface area (Å²) in [4.78, 5) is 0. The molecule has 2 unspecified atom stereocenters. The van der Waals surface area contributed by atoms with Crippen molar-refractivity contribution < 1.29 is 5.11 Å². The number of hydrogen-bond donors (Lipinski definition) is 3. The maximum atomic E-state index is 9.39. The Balaban J connectivity index is 1.77. The average molecular weight is 425 g/mol. The van der Waals surface area contributed by atoms with Crippen LogP contribution in [-0.2, 0) is 12.8 Å². The molecule has 1 heterocycles. The van der Waals surface area contributed by atoms with Crippen LogP contribution in [0.15, 0.2) is 60.9 Å². The molecule has 0 spiro atoms. The van der Waals surface area contributed by atoms with Crippen LogP contribution in [0.2, 0.25) is 0 Å². The Bertz CT molecular complexity index is 965. The Hall–Kier alpha value is -2.01. The monoisotopic (exact) mass is 424 g/mol. The summed E-state index contributed by atoms with van der Waals surface area (Å²) in [5.41, 5.74) is 5.21. The van der Waals surface area contributed by atoms with Gasteiger partial charge in [-0.05, 0) is 67.2 Å². The van der Waals surface area contributed by atoms with E-state index in [9.17, 15) is 5.11 Å². The predicted octanol–water partition coefficient (Wildman–Crippen LogP) is 5.21. The van der Waals surface area contributed by atoms with Crippen LogP contribution >= 0.6 is 9.39 Å². The molecule has 1 aliphatic rings. The SMILES string of the molecule is C=C(O)CCCc1ccccc1-c1cccc(CC2NCCCC2NS(=C)(=C)C)c1. The van der Waals surface area contributed by atoms with E-state index in [2.05, 4.69) is 83.1 Å². The molecular formula is C26H36N2OS. The van der Waals surface area contributed by atoms with Gasteiger partial charge in [-0.3, -0.25) is 4.72 Å². The minimum absolute atomic E-state index is 0.264. The van der Waals surface area contributed by atoms with E-state index in [0.29, 0.717) is 18.5 Å². The number of allylic oxidation sites excluding steroid dienone is 1. The van der Waals surface area contributed by atoms with Crippen molar-refractivity contribution in [1.82, 2.24) is 10.0 Å². The van der Waals surface area contributed by atoms with Crippen molar-refractivity contribution in [1.29, 1.82) is 0 Å². The molecule has 0 bridgehead atoms. The van der Waals surface area contributed by atoms with E-state index >= 15 is 0 Å². The number of nitrogens with one attached hydrogen (secondary N) is 2. The molecule has 30 heavy (non-hydrogen) atoms. The van der Waals surface area contributed by atoms with Crippen molar-refractivity contribution >= 4 is 21.1 Å². The van der Waals surface area contributed by atoms with Crippen LogP contribution in [-0.4, -0.2) is 41.7 Å². The zero-order chi connectivity index (χ0) is 21.6. The highest BCUT2D eigenvalue weighted by Crippen LogP contribution is 2.27. The lowest BCUT2D eigenvalue weighted by molar-refractivity contribution is 0.334. The molecule has 1 aliphatic heterocycles. The summed E-state index contributed by atoms with van der Waals surface area (Å²) < 4.78 is 3.69. The van der Waals surface area contributed by atoms with E-state index in [0.717, 1.165) is 25.8 Å². The standard InChI is InChI=1S/C26H36N2OS/c1-20(29)10-7-13-22-12-5-6-15-24(22)23-14-8-11-21(18-23)19-26-25(16-9-17-27-26)28-30(2,3)4/h5-6,8,11-12,14-15,18,25-29H,1-3,7,9-10,13,16-17,19H2,4H3. The minimum Gasteiger partial charge on any atom is -0.513 e. The third-order valence-electron chi connectivity index (χ3n) is 5.64. The van der Waals surface area contributed by atoms with Gasteiger partial charge in [-0.1, -0.05) is 66.9 Å². The molecule has 162 valence electrons. The fourth-order valence-corrected chi connectivity index (χ4v) is 5.31. The normalized spacial score (nSPS) is 19.5. The second-order valence-corrected chi connectivity index (χ2v) is 11.5. The van der Waals surface area contributed by atoms with Gasteiger partial charge in [0.05, 0.1) is 5.76 Å². The molecule has 1 fully saturated rings. The van der Waals surface area contributed by atoms with Gasteiger partial charge in [0.25, 0.3) is 0 Å². The van der Waals surface area contributed by atoms with Crippen LogP contribution in [0.1, 0.15) is 36.8 Å². The Morgan fingerprint density at radius 2 is 2.00 bits per heavy atom. The summed E-state index contributed by atoms with van der Waals surface area (Å²) in [5.74, 6) is 8.70. The van der Waals surface area contributed by atoms with Crippen molar-refractivity contribution in [2.45, 2.75) is 50.6 Å². The Morgan fingerprint density at radius 3 is 2.77 bits per heavy atom. The van der Waals surface area contributed by atoms with Crippen molar-refractivity contribution in [3.8, 4) is 11.1 Å². The van der Waals surface area contributed by atoms with Crippen LogP contribution in [0.3, 0.4) is 0 Å². The van der Waals surface area contributed by atoms with Crippen LogP contribution in [0.5, 0.6) is 0 Å². The number of aliphatic hydroxyl groups excluding tert-OH is 1. The van der Waals surface area contributed by atoms with E-state index in [4.69, 9.17) is 0 Å². The summed E-state index contributed by atoms with van der Waals surface area (Å²) in [7, 11) is -1.23. The van der Waals surface area contributed by atoms with Crippen LogP contribution in [0.4, 0.5) is 0 Å². The van der Waals surface area contributed by atoms with Gasteiger partial charge in [-0.25, -0.2) is 0 Å². The second kappa shape index (κ2) is 10.3. The average Bonchev–Trinajstić information content (AvgIpc) is 2.69. The molecule has 0 saturated carbocycles. The number of benzene rings is 2. The van der Waals surface area contributed by atoms with Crippen molar-refractivity contribution in [2.24, 2.45) is 0 Å². The number of hydrogen-bond acceptors (Lipinski definition) is 3. The number of rotatable bonds is 9. The molecule has 0 amide bonds. The molecule has 2 aromatic rings. The van der Waals surface area contributed by atoms with E-state index in [1.54, 1.807) is 0 Å². The first-order chi connectivity index (χ1) is 14.3. The summed E-state index contributed by atoms with van der Waals surface area (Å²) in [6.45, 7) is 4.67. The fourth-order valence-electron chi connectivity index (χ4n) is 4.30. The first-order valence-corrected chi connectivity index (χ1v) is 13.2.